The van der Waals surface area contributed by atoms with Crippen LogP contribution in [0.1, 0.15) is 40.9 Å². The van der Waals surface area contributed by atoms with Crippen LogP contribution in [0.2, 0.25) is 0 Å². The van der Waals surface area contributed by atoms with Gasteiger partial charge < -0.3 is 45.2 Å². The number of aliphatic hydroxyl groups is 1. The molecule has 2 aliphatic rings. The summed E-state index contributed by atoms with van der Waals surface area (Å²) in [5, 5.41) is 72.6. The van der Waals surface area contributed by atoms with Gasteiger partial charge in [-0.3, -0.25) is 4.79 Å². The van der Waals surface area contributed by atoms with E-state index in [0.717, 1.165) is 6.07 Å². The van der Waals surface area contributed by atoms with Gasteiger partial charge in [0.1, 0.15) is 52.5 Å². The van der Waals surface area contributed by atoms with Crippen LogP contribution in [0.25, 0.3) is 10.8 Å². The van der Waals surface area contributed by atoms with E-state index >= 15 is 0 Å². The van der Waals surface area contributed by atoms with E-state index in [1.165, 1.54) is 36.4 Å². The van der Waals surface area contributed by atoms with Crippen LogP contribution in [0.4, 0.5) is 0 Å². The topological polar surface area (TPSA) is 177 Å². The predicted molar refractivity (Wildman–Crippen MR) is 138 cm³/mol. The molecule has 0 spiro atoms. The molecule has 0 radical (unpaired) electrons. The number of aromatic hydroxyl groups is 6. The Balaban J connectivity index is 1.51. The summed E-state index contributed by atoms with van der Waals surface area (Å²) in [6, 6.07) is 10.4. The predicted octanol–water partition coefficient (Wildman–Crippen LogP) is 3.54. The summed E-state index contributed by atoms with van der Waals surface area (Å²) in [5.41, 5.74) is 0.709. The second-order valence-corrected chi connectivity index (χ2v) is 9.84. The Labute approximate surface area is 220 Å². The van der Waals surface area contributed by atoms with E-state index in [2.05, 4.69) is 0 Å². The molecule has 7 N–H and O–H groups in total. The number of rotatable bonds is 2. The molecule has 0 saturated heterocycles. The molecular formula is C29H24O10. The highest BCUT2D eigenvalue weighted by atomic mass is 16.5. The van der Waals surface area contributed by atoms with E-state index in [1.807, 2.05) is 0 Å². The highest BCUT2D eigenvalue weighted by Gasteiger charge is 2.33. The van der Waals surface area contributed by atoms with Crippen LogP contribution in [0.15, 0.2) is 53.3 Å². The van der Waals surface area contributed by atoms with Gasteiger partial charge in [0.2, 0.25) is 5.43 Å². The van der Waals surface area contributed by atoms with Crippen LogP contribution in [-0.4, -0.2) is 41.8 Å². The monoisotopic (exact) mass is 532 g/mol. The third-order valence-electron chi connectivity index (χ3n) is 7.25. The smallest absolute Gasteiger partial charge is 0.228 e. The van der Waals surface area contributed by atoms with Crippen molar-refractivity contribution >= 4 is 10.8 Å². The molecule has 0 aliphatic carbocycles. The number of phenolic OH excluding ortho intramolecular Hbond substituents is 5. The number of benzene rings is 3. The molecule has 0 aromatic heterocycles. The molecule has 0 saturated carbocycles. The van der Waals surface area contributed by atoms with Crippen LogP contribution >= 0.6 is 0 Å². The molecule has 10 nitrogen and oxygen atoms in total. The van der Waals surface area contributed by atoms with Gasteiger partial charge in [-0.2, -0.15) is 0 Å². The lowest BCUT2D eigenvalue weighted by Crippen LogP contribution is -2.30. The molecule has 3 atom stereocenters. The van der Waals surface area contributed by atoms with Crippen molar-refractivity contribution in [2.24, 2.45) is 0 Å². The number of ether oxygens (including phenoxy) is 2. The Morgan fingerprint density at radius 2 is 1.31 bits per heavy atom. The van der Waals surface area contributed by atoms with Crippen molar-refractivity contribution in [3.63, 3.8) is 0 Å². The summed E-state index contributed by atoms with van der Waals surface area (Å²) in [7, 11) is 0. The molecule has 2 heterocycles. The van der Waals surface area contributed by atoms with Crippen LogP contribution in [-0.2, 0) is 12.8 Å². The minimum atomic E-state index is -1.18. The first-order valence-electron chi connectivity index (χ1n) is 12.2. The summed E-state index contributed by atoms with van der Waals surface area (Å²) < 4.78 is 12.0. The van der Waals surface area contributed by atoms with Gasteiger partial charge in [-0.1, -0.05) is 0 Å². The molecule has 0 bridgehead atoms. The SMILES string of the molecule is O=c1c(O)cc([C@H]2Oc3cc(O)cc(O)c3C[C@H]2O)cc2c(C3CCc4c(O)cc(O)cc4O3)cc(O)cc12. The molecule has 6 rings (SSSR count). The molecule has 39 heavy (non-hydrogen) atoms. The van der Waals surface area contributed by atoms with E-state index in [4.69, 9.17) is 9.47 Å². The van der Waals surface area contributed by atoms with E-state index in [1.54, 1.807) is 6.07 Å². The van der Waals surface area contributed by atoms with Crippen LogP contribution in [0.5, 0.6) is 46.0 Å². The first kappa shape index (κ1) is 24.5. The number of aliphatic hydroxyl groups excluding tert-OH is 1. The maximum Gasteiger partial charge on any atom is 0.228 e. The fourth-order valence-corrected chi connectivity index (χ4v) is 5.44. The summed E-state index contributed by atoms with van der Waals surface area (Å²) in [5.74, 6) is -1.23. The Kier molecular flexibility index (Phi) is 5.58. The zero-order chi connectivity index (χ0) is 27.6. The van der Waals surface area contributed by atoms with Gasteiger partial charge in [-0.25, -0.2) is 0 Å². The molecule has 0 fully saturated rings. The summed E-state index contributed by atoms with van der Waals surface area (Å²) >= 11 is 0. The van der Waals surface area contributed by atoms with E-state index < -0.39 is 29.5 Å². The molecular weight excluding hydrogens is 508 g/mol. The summed E-state index contributed by atoms with van der Waals surface area (Å²) in [6.45, 7) is 0. The summed E-state index contributed by atoms with van der Waals surface area (Å²) in [4.78, 5) is 13.2. The highest BCUT2D eigenvalue weighted by Crippen LogP contribution is 2.45. The largest absolute Gasteiger partial charge is 0.508 e. The molecule has 2 aliphatic heterocycles. The molecule has 4 aromatic carbocycles. The zero-order valence-corrected chi connectivity index (χ0v) is 20.3. The van der Waals surface area contributed by atoms with Crippen molar-refractivity contribution in [1.29, 1.82) is 0 Å². The van der Waals surface area contributed by atoms with Gasteiger partial charge in [0.15, 0.2) is 5.75 Å². The van der Waals surface area contributed by atoms with E-state index in [0.29, 0.717) is 34.9 Å². The average Bonchev–Trinajstić information content (AvgIpc) is 2.99. The van der Waals surface area contributed by atoms with Crippen LogP contribution < -0.4 is 14.9 Å². The van der Waals surface area contributed by atoms with Gasteiger partial charge in [-0.15, -0.1) is 0 Å². The third kappa shape index (κ3) is 4.15. The lowest BCUT2D eigenvalue weighted by Gasteiger charge is -2.31. The number of hydrogen-bond acceptors (Lipinski definition) is 10. The van der Waals surface area contributed by atoms with Crippen molar-refractivity contribution in [3.8, 4) is 46.0 Å². The fraction of sp³-hybridized carbons (Fsp3) is 0.207. The normalized spacial score (nSPS) is 20.0. The Morgan fingerprint density at radius 1 is 0.667 bits per heavy atom. The second kappa shape index (κ2) is 8.88. The van der Waals surface area contributed by atoms with Crippen molar-refractivity contribution in [2.45, 2.75) is 37.6 Å². The number of fused-ring (bicyclic) bond motifs is 3. The number of hydrogen-bond donors (Lipinski definition) is 7. The van der Waals surface area contributed by atoms with Crippen LogP contribution in [0.3, 0.4) is 0 Å². The van der Waals surface area contributed by atoms with Crippen molar-refractivity contribution in [2.75, 3.05) is 0 Å². The molecule has 200 valence electrons. The first-order valence-corrected chi connectivity index (χ1v) is 12.2. The number of phenols is 5. The second-order valence-electron chi connectivity index (χ2n) is 9.84. The van der Waals surface area contributed by atoms with Crippen molar-refractivity contribution in [3.05, 3.63) is 81.0 Å². The first-order chi connectivity index (χ1) is 18.6. The minimum absolute atomic E-state index is 0.00268. The lowest BCUT2D eigenvalue weighted by molar-refractivity contribution is 0.0198. The standard InChI is InChI=1S/C29H24O10/c30-13-5-18(25-2-1-16-21(33)7-14(31)9-26(16)38-25)17-3-12(4-23(35)28(37)19(17)6-13)29-24(36)11-20-22(34)8-15(32)10-27(20)39-29/h3-10,24-25,29-34,36H,1-2,11H2,(H,35,37)/t24-,25?,29-/m1/s1. The van der Waals surface area contributed by atoms with Gasteiger partial charge in [0.25, 0.3) is 0 Å². The average molecular weight is 533 g/mol. The quantitative estimate of drug-likeness (QED) is 0.202. The lowest BCUT2D eigenvalue weighted by atomic mass is 9.91. The minimum Gasteiger partial charge on any atom is -0.508 e. The van der Waals surface area contributed by atoms with Crippen molar-refractivity contribution in [1.82, 2.24) is 0 Å². The Hall–Kier alpha value is -4.83. The van der Waals surface area contributed by atoms with Gasteiger partial charge in [0, 0.05) is 52.8 Å². The maximum atomic E-state index is 13.2. The zero-order valence-electron chi connectivity index (χ0n) is 20.3. The summed E-state index contributed by atoms with van der Waals surface area (Å²) in [6.07, 6.45) is -2.22. The molecule has 1 unspecified atom stereocenters. The van der Waals surface area contributed by atoms with E-state index in [-0.39, 0.29) is 57.6 Å². The van der Waals surface area contributed by atoms with Gasteiger partial charge in [0.05, 0.1) is 6.10 Å². The van der Waals surface area contributed by atoms with Crippen LogP contribution in [0, 0.1) is 0 Å². The highest BCUT2D eigenvalue weighted by molar-refractivity contribution is 5.88. The molecule has 4 aromatic rings. The molecule has 0 amide bonds. The third-order valence-corrected chi connectivity index (χ3v) is 7.25. The van der Waals surface area contributed by atoms with E-state index in [9.17, 15) is 40.5 Å². The molecule has 10 heteroatoms. The van der Waals surface area contributed by atoms with Gasteiger partial charge in [-0.05, 0) is 48.1 Å². The van der Waals surface area contributed by atoms with Crippen molar-refractivity contribution < 1.29 is 45.2 Å². The fourth-order valence-electron chi connectivity index (χ4n) is 5.44. The Morgan fingerprint density at radius 3 is 2.03 bits per heavy atom. The van der Waals surface area contributed by atoms with Gasteiger partial charge >= 0.3 is 0 Å². The Bertz CT molecular complexity index is 1710. The maximum absolute atomic E-state index is 13.2.